The van der Waals surface area contributed by atoms with E-state index in [4.69, 9.17) is 0 Å². The van der Waals surface area contributed by atoms with Crippen LogP contribution in [0.2, 0.25) is 0 Å². The van der Waals surface area contributed by atoms with E-state index in [1.807, 2.05) is 0 Å². The number of thioether (sulfide) groups is 1. The number of halogens is 16. The Morgan fingerprint density at radius 3 is 0.871 bits per heavy atom. The van der Waals surface area contributed by atoms with E-state index in [0.29, 0.717) is 0 Å². The van der Waals surface area contributed by atoms with Gasteiger partial charge in [-0.1, -0.05) is 11.8 Å². The second-order valence-electron chi connectivity index (χ2n) is 7.04. The second-order valence-corrected chi connectivity index (χ2v) is 8.54. The highest BCUT2D eigenvalue weighted by atomic mass is 32.2. The Morgan fingerprint density at radius 1 is 0.419 bits per heavy atom. The molecule has 2 fully saturated rings. The predicted octanol–water partition coefficient (Wildman–Crippen LogP) is 4.92. The molecule has 2 saturated carbocycles. The smallest absolute Gasteiger partial charge is 0.288 e. The van der Waals surface area contributed by atoms with Crippen LogP contribution in [0.4, 0.5) is 70.2 Å². The van der Waals surface area contributed by atoms with Crippen molar-refractivity contribution in [2.45, 2.75) is 70.0 Å². The molecule has 2 nitrogen and oxygen atoms in total. The van der Waals surface area contributed by atoms with Crippen LogP contribution in [0.5, 0.6) is 0 Å². The highest BCUT2D eigenvalue weighted by Crippen LogP contribution is 2.71. The van der Waals surface area contributed by atoms with Crippen molar-refractivity contribution >= 4 is 11.8 Å². The van der Waals surface area contributed by atoms with Gasteiger partial charge in [0.25, 0.3) is 11.6 Å². The molecule has 0 heterocycles. The highest BCUT2D eigenvalue weighted by molar-refractivity contribution is 8.01. The molecule has 0 aromatic rings. The van der Waals surface area contributed by atoms with Crippen LogP contribution < -0.4 is 11.5 Å². The van der Waals surface area contributed by atoms with Crippen molar-refractivity contribution in [1.29, 1.82) is 0 Å². The minimum atomic E-state index is -6.74. The zero-order valence-corrected chi connectivity index (χ0v) is 14.8. The van der Waals surface area contributed by atoms with Crippen LogP contribution in [-0.2, 0) is 0 Å². The molecule has 0 spiro atoms. The van der Waals surface area contributed by atoms with Gasteiger partial charge in [0, 0.05) is 0 Å². The van der Waals surface area contributed by atoms with Gasteiger partial charge in [-0.05, 0) is 0 Å². The molecule has 0 aliphatic heterocycles. The average Bonchev–Trinajstić information content (AvgIpc) is 2.50. The molecule has 0 radical (unpaired) electrons. The second kappa shape index (κ2) is 5.98. The third-order valence-corrected chi connectivity index (χ3v) is 6.36. The van der Waals surface area contributed by atoms with Crippen molar-refractivity contribution in [3.8, 4) is 0 Å². The normalized spacial score (nSPS) is 47.0. The summed E-state index contributed by atoms with van der Waals surface area (Å²) in [6, 6.07) is 0. The maximum Gasteiger partial charge on any atom is 0.362 e. The molecule has 4 atom stereocenters. The van der Waals surface area contributed by atoms with Gasteiger partial charge in [0.15, 0.2) is 0 Å². The number of nitrogens with two attached hydrogens (primary N) is 2. The van der Waals surface area contributed by atoms with Crippen LogP contribution in [0.3, 0.4) is 0 Å². The Hall–Kier alpha value is -0.850. The highest BCUT2D eigenvalue weighted by Gasteiger charge is 2.93. The summed E-state index contributed by atoms with van der Waals surface area (Å²) >= 11 is -2.73. The molecule has 2 aliphatic rings. The molecule has 0 aromatic heterocycles. The number of rotatable bonds is 2. The van der Waals surface area contributed by atoms with Gasteiger partial charge in [-0.25, -0.2) is 17.6 Å². The van der Waals surface area contributed by atoms with E-state index in [1.54, 1.807) is 0 Å². The first kappa shape index (κ1) is 26.4. The molecule has 19 heteroatoms. The quantitative estimate of drug-likeness (QED) is 0.405. The third-order valence-electron chi connectivity index (χ3n) is 4.91. The predicted molar refractivity (Wildman–Crippen MR) is 70.2 cm³/mol. The van der Waals surface area contributed by atoms with Gasteiger partial charge in [-0.2, -0.15) is 52.7 Å². The number of alkyl halides is 16. The van der Waals surface area contributed by atoms with E-state index in [-0.39, 0.29) is 0 Å². The molecular formula is C12H8F16N2S. The van der Waals surface area contributed by atoms with Crippen LogP contribution in [-0.4, -0.2) is 57.1 Å². The standard InChI is InChI=1S/C12H8F16N2S/c13-3(14)1-5(17,9(23,24)11(27,29)7(3,19)20)31-6(18)2-4(15,16)8(21,22)12(28,30)10(6,25)26/h1-2,29-30H2. The first-order chi connectivity index (χ1) is 13.1. The summed E-state index contributed by atoms with van der Waals surface area (Å²) < 4.78 is 220. The molecular weight excluding hydrogens is 508 g/mol. The van der Waals surface area contributed by atoms with Gasteiger partial charge in [0.05, 0.1) is 12.8 Å². The Kier molecular flexibility index (Phi) is 5.09. The molecule has 0 saturated heterocycles. The summed E-state index contributed by atoms with van der Waals surface area (Å²) in [4.78, 5) is 0. The van der Waals surface area contributed by atoms with Crippen LogP contribution in [0.25, 0.3) is 0 Å². The largest absolute Gasteiger partial charge is 0.362 e. The van der Waals surface area contributed by atoms with Crippen molar-refractivity contribution < 1.29 is 70.2 Å². The first-order valence-corrected chi connectivity index (χ1v) is 8.24. The maximum absolute atomic E-state index is 14.7. The summed E-state index contributed by atoms with van der Waals surface area (Å²) in [7, 11) is 0. The van der Waals surface area contributed by atoms with Crippen LogP contribution in [0.15, 0.2) is 0 Å². The van der Waals surface area contributed by atoms with E-state index in [9.17, 15) is 70.2 Å². The van der Waals surface area contributed by atoms with E-state index >= 15 is 0 Å². The van der Waals surface area contributed by atoms with Crippen molar-refractivity contribution in [3.63, 3.8) is 0 Å². The molecule has 0 amide bonds. The van der Waals surface area contributed by atoms with Gasteiger partial charge in [-0.3, -0.25) is 11.5 Å². The molecule has 4 unspecified atom stereocenters. The zero-order valence-electron chi connectivity index (χ0n) is 14.0. The topological polar surface area (TPSA) is 52.0 Å². The molecule has 0 bridgehead atoms. The number of hydrogen-bond donors (Lipinski definition) is 2. The van der Waals surface area contributed by atoms with Crippen molar-refractivity contribution in [1.82, 2.24) is 0 Å². The van der Waals surface area contributed by atoms with Crippen molar-refractivity contribution in [2.24, 2.45) is 11.5 Å². The first-order valence-electron chi connectivity index (χ1n) is 7.42. The SMILES string of the molecule is NC1(F)C(F)(F)C(F)(F)CC(F)(SC2(F)CC(F)(F)C(F)(F)C(N)(F)C2(F)F)C1(F)F. The Bertz CT molecular complexity index is 704. The molecule has 4 N–H and O–H groups in total. The van der Waals surface area contributed by atoms with Crippen LogP contribution >= 0.6 is 11.8 Å². The Morgan fingerprint density at radius 2 is 0.645 bits per heavy atom. The van der Waals surface area contributed by atoms with Gasteiger partial charge < -0.3 is 0 Å². The fraction of sp³-hybridized carbons (Fsp3) is 1.00. The lowest BCUT2D eigenvalue weighted by Gasteiger charge is -2.54. The van der Waals surface area contributed by atoms with E-state index < -0.39 is 81.7 Å². The molecule has 31 heavy (non-hydrogen) atoms. The minimum Gasteiger partial charge on any atom is -0.288 e. The van der Waals surface area contributed by atoms with Gasteiger partial charge >= 0.3 is 35.5 Å². The maximum atomic E-state index is 14.7. The molecule has 2 rings (SSSR count). The monoisotopic (exact) mass is 516 g/mol. The van der Waals surface area contributed by atoms with E-state index in [1.165, 1.54) is 0 Å². The third kappa shape index (κ3) is 2.70. The summed E-state index contributed by atoms with van der Waals surface area (Å²) in [6.07, 6.45) is -7.44. The molecule has 184 valence electrons. The Labute approximate surface area is 164 Å². The Balaban J connectivity index is 2.70. The fourth-order valence-corrected chi connectivity index (χ4v) is 4.52. The van der Waals surface area contributed by atoms with Crippen molar-refractivity contribution in [3.05, 3.63) is 0 Å². The fourth-order valence-electron chi connectivity index (χ4n) is 2.94. The van der Waals surface area contributed by atoms with Crippen LogP contribution in [0, 0.1) is 0 Å². The zero-order chi connectivity index (χ0) is 25.1. The average molecular weight is 516 g/mol. The minimum absolute atomic E-state index is 2.73. The number of hydrogen-bond acceptors (Lipinski definition) is 3. The summed E-state index contributed by atoms with van der Waals surface area (Å²) in [6.45, 7) is 0. The summed E-state index contributed by atoms with van der Waals surface area (Å²) in [5.41, 5.74) is 7.55. The van der Waals surface area contributed by atoms with Gasteiger partial charge in [-0.15, -0.1) is 0 Å². The van der Waals surface area contributed by atoms with E-state index in [0.717, 1.165) is 0 Å². The molecule has 0 aromatic carbocycles. The molecule has 2 aliphatic carbocycles. The lowest BCUT2D eigenvalue weighted by Crippen LogP contribution is -2.82. The summed E-state index contributed by atoms with van der Waals surface area (Å²) in [5.74, 6) is -52.1. The van der Waals surface area contributed by atoms with Gasteiger partial charge in [0.2, 0.25) is 10.0 Å². The van der Waals surface area contributed by atoms with Crippen molar-refractivity contribution in [2.75, 3.05) is 0 Å². The summed E-state index contributed by atoms with van der Waals surface area (Å²) in [5, 5.41) is -12.0. The lowest BCUT2D eigenvalue weighted by atomic mass is 9.81. The van der Waals surface area contributed by atoms with Gasteiger partial charge in [0.1, 0.15) is 0 Å². The van der Waals surface area contributed by atoms with E-state index in [2.05, 4.69) is 11.5 Å². The van der Waals surface area contributed by atoms with Crippen LogP contribution in [0.1, 0.15) is 12.8 Å². The lowest BCUT2D eigenvalue weighted by molar-refractivity contribution is -0.379.